The summed E-state index contributed by atoms with van der Waals surface area (Å²) in [6.07, 6.45) is 6.39. The average molecular weight is 285 g/mol. The van der Waals surface area contributed by atoms with Gasteiger partial charge in [0.15, 0.2) is 0 Å². The van der Waals surface area contributed by atoms with Crippen LogP contribution in [0.5, 0.6) is 0 Å². The standard InChI is InChI=1S/C16H23N5/c1-21-16(17)14(10-19-21)15(20-18)9-12-7-4-6-11-5-2-3-8-13(11)12/h2-3,5,8,10,12,15,20H,4,6-7,9,17-18H2,1H3. The van der Waals surface area contributed by atoms with Crippen molar-refractivity contribution in [2.24, 2.45) is 12.9 Å². The van der Waals surface area contributed by atoms with E-state index in [9.17, 15) is 0 Å². The molecule has 0 amide bonds. The van der Waals surface area contributed by atoms with Crippen molar-refractivity contribution in [2.45, 2.75) is 37.6 Å². The lowest BCUT2D eigenvalue weighted by atomic mass is 9.79. The first-order valence-corrected chi connectivity index (χ1v) is 7.52. The Hall–Kier alpha value is -1.85. The summed E-state index contributed by atoms with van der Waals surface area (Å²) in [5, 5.41) is 4.22. The lowest BCUT2D eigenvalue weighted by molar-refractivity contribution is 0.426. The van der Waals surface area contributed by atoms with Crippen LogP contribution in [-0.4, -0.2) is 9.78 Å². The summed E-state index contributed by atoms with van der Waals surface area (Å²) in [4.78, 5) is 0. The number of benzene rings is 1. The first-order valence-electron chi connectivity index (χ1n) is 7.52. The highest BCUT2D eigenvalue weighted by Crippen LogP contribution is 2.38. The zero-order valence-corrected chi connectivity index (χ0v) is 12.4. The molecule has 0 fully saturated rings. The van der Waals surface area contributed by atoms with E-state index in [0.29, 0.717) is 11.7 Å². The number of hydrogen-bond acceptors (Lipinski definition) is 4. The van der Waals surface area contributed by atoms with Crippen molar-refractivity contribution in [3.05, 3.63) is 47.2 Å². The molecule has 0 bridgehead atoms. The van der Waals surface area contributed by atoms with Gasteiger partial charge in [-0.1, -0.05) is 24.3 Å². The fraction of sp³-hybridized carbons (Fsp3) is 0.438. The molecule has 2 unspecified atom stereocenters. The largest absolute Gasteiger partial charge is 0.384 e. The molecule has 112 valence electrons. The smallest absolute Gasteiger partial charge is 0.126 e. The van der Waals surface area contributed by atoms with Crippen LogP contribution in [0.2, 0.25) is 0 Å². The molecule has 3 rings (SSSR count). The highest BCUT2D eigenvalue weighted by molar-refractivity contribution is 5.41. The van der Waals surface area contributed by atoms with Gasteiger partial charge in [0.25, 0.3) is 0 Å². The molecule has 0 radical (unpaired) electrons. The molecular formula is C16H23N5. The van der Waals surface area contributed by atoms with Crippen LogP contribution >= 0.6 is 0 Å². The van der Waals surface area contributed by atoms with Gasteiger partial charge in [0.2, 0.25) is 0 Å². The lowest BCUT2D eigenvalue weighted by Crippen LogP contribution is -2.30. The maximum atomic E-state index is 6.08. The second-order valence-electron chi connectivity index (χ2n) is 5.85. The Morgan fingerprint density at radius 3 is 2.95 bits per heavy atom. The molecule has 1 aromatic carbocycles. The van der Waals surface area contributed by atoms with Crippen LogP contribution in [0.1, 0.15) is 47.9 Å². The molecule has 5 nitrogen and oxygen atoms in total. The van der Waals surface area contributed by atoms with Crippen LogP contribution in [0.15, 0.2) is 30.5 Å². The van der Waals surface area contributed by atoms with Crippen LogP contribution in [-0.2, 0) is 13.5 Å². The van der Waals surface area contributed by atoms with Crippen molar-refractivity contribution in [2.75, 3.05) is 5.73 Å². The minimum absolute atomic E-state index is 0.0369. The van der Waals surface area contributed by atoms with Crippen molar-refractivity contribution in [1.82, 2.24) is 15.2 Å². The Morgan fingerprint density at radius 2 is 2.24 bits per heavy atom. The van der Waals surface area contributed by atoms with Crippen LogP contribution < -0.4 is 17.0 Å². The third-order valence-corrected chi connectivity index (χ3v) is 4.60. The maximum Gasteiger partial charge on any atom is 0.126 e. The van der Waals surface area contributed by atoms with E-state index in [-0.39, 0.29) is 6.04 Å². The first-order chi connectivity index (χ1) is 10.2. The fourth-order valence-corrected chi connectivity index (χ4v) is 3.40. The van der Waals surface area contributed by atoms with E-state index >= 15 is 0 Å². The number of aryl methyl sites for hydroxylation is 2. The molecule has 2 aromatic rings. The lowest BCUT2D eigenvalue weighted by Gasteiger charge is -2.28. The van der Waals surface area contributed by atoms with E-state index in [2.05, 4.69) is 34.8 Å². The van der Waals surface area contributed by atoms with E-state index in [1.165, 1.54) is 30.4 Å². The van der Waals surface area contributed by atoms with Crippen LogP contribution in [0.3, 0.4) is 0 Å². The van der Waals surface area contributed by atoms with Crippen molar-refractivity contribution in [3.8, 4) is 0 Å². The highest BCUT2D eigenvalue weighted by Gasteiger charge is 2.25. The maximum absolute atomic E-state index is 6.08. The number of rotatable bonds is 4. The molecule has 21 heavy (non-hydrogen) atoms. The van der Waals surface area contributed by atoms with E-state index in [4.69, 9.17) is 11.6 Å². The van der Waals surface area contributed by atoms with Gasteiger partial charge in [-0.25, -0.2) is 0 Å². The monoisotopic (exact) mass is 285 g/mol. The van der Waals surface area contributed by atoms with Crippen LogP contribution in [0.25, 0.3) is 0 Å². The zero-order chi connectivity index (χ0) is 14.8. The zero-order valence-electron chi connectivity index (χ0n) is 12.4. The summed E-state index contributed by atoms with van der Waals surface area (Å²) >= 11 is 0. The van der Waals surface area contributed by atoms with Crippen molar-refractivity contribution in [1.29, 1.82) is 0 Å². The number of hydrogen-bond donors (Lipinski definition) is 3. The van der Waals surface area contributed by atoms with Gasteiger partial charge in [-0.15, -0.1) is 0 Å². The third kappa shape index (κ3) is 2.66. The molecule has 5 N–H and O–H groups in total. The normalized spacial score (nSPS) is 19.2. The Balaban J connectivity index is 1.84. The van der Waals surface area contributed by atoms with Crippen molar-refractivity contribution >= 4 is 5.82 Å². The molecule has 5 heteroatoms. The van der Waals surface area contributed by atoms with Gasteiger partial charge in [-0.05, 0) is 42.7 Å². The summed E-state index contributed by atoms with van der Waals surface area (Å²) in [6.45, 7) is 0. The van der Waals surface area contributed by atoms with E-state index in [0.717, 1.165) is 12.0 Å². The van der Waals surface area contributed by atoms with Crippen LogP contribution in [0.4, 0.5) is 5.82 Å². The van der Waals surface area contributed by atoms with Crippen molar-refractivity contribution < 1.29 is 0 Å². The molecule has 1 aliphatic carbocycles. The number of fused-ring (bicyclic) bond motifs is 1. The van der Waals surface area contributed by atoms with Gasteiger partial charge in [-0.3, -0.25) is 16.0 Å². The SMILES string of the molecule is Cn1ncc(C(CC2CCCc3ccccc32)NN)c1N. The first kappa shape index (κ1) is 14.1. The predicted molar refractivity (Wildman–Crippen MR) is 84.4 cm³/mol. The number of nitrogens with zero attached hydrogens (tertiary/aromatic N) is 2. The van der Waals surface area contributed by atoms with Gasteiger partial charge in [-0.2, -0.15) is 5.10 Å². The Kier molecular flexibility index (Phi) is 3.94. The minimum Gasteiger partial charge on any atom is -0.384 e. The summed E-state index contributed by atoms with van der Waals surface area (Å²) in [5.41, 5.74) is 12.9. The number of aromatic nitrogens is 2. The summed E-state index contributed by atoms with van der Waals surface area (Å²) in [7, 11) is 1.85. The number of nitrogens with one attached hydrogen (secondary N) is 1. The Bertz CT molecular complexity index is 619. The van der Waals surface area contributed by atoms with Gasteiger partial charge >= 0.3 is 0 Å². The quantitative estimate of drug-likeness (QED) is 0.593. The molecule has 0 saturated heterocycles. The number of hydrazine groups is 1. The van der Waals surface area contributed by atoms with E-state index in [1.807, 2.05) is 13.2 Å². The second kappa shape index (κ2) is 5.87. The molecule has 0 saturated carbocycles. The molecule has 1 heterocycles. The number of nitrogens with two attached hydrogens (primary N) is 2. The van der Waals surface area contributed by atoms with Crippen LogP contribution in [0, 0.1) is 0 Å². The predicted octanol–water partition coefficient (Wildman–Crippen LogP) is 2.02. The van der Waals surface area contributed by atoms with Gasteiger partial charge in [0.05, 0.1) is 12.2 Å². The molecule has 0 aliphatic heterocycles. The van der Waals surface area contributed by atoms with Gasteiger partial charge in [0, 0.05) is 12.6 Å². The van der Waals surface area contributed by atoms with Gasteiger partial charge in [0.1, 0.15) is 5.82 Å². The van der Waals surface area contributed by atoms with E-state index in [1.54, 1.807) is 4.68 Å². The fourth-order valence-electron chi connectivity index (χ4n) is 3.40. The minimum atomic E-state index is 0.0369. The topological polar surface area (TPSA) is 81.9 Å². The van der Waals surface area contributed by atoms with Gasteiger partial charge < -0.3 is 5.73 Å². The molecule has 1 aromatic heterocycles. The summed E-state index contributed by atoms with van der Waals surface area (Å²) in [6, 6.07) is 8.78. The third-order valence-electron chi connectivity index (χ3n) is 4.60. The Morgan fingerprint density at radius 1 is 1.43 bits per heavy atom. The highest BCUT2D eigenvalue weighted by atomic mass is 15.3. The average Bonchev–Trinajstić information content (AvgIpc) is 2.85. The molecule has 1 aliphatic rings. The Labute approximate surface area is 125 Å². The molecule has 2 atom stereocenters. The van der Waals surface area contributed by atoms with Crippen molar-refractivity contribution in [3.63, 3.8) is 0 Å². The summed E-state index contributed by atoms with van der Waals surface area (Å²) in [5.74, 6) is 6.98. The summed E-state index contributed by atoms with van der Waals surface area (Å²) < 4.78 is 1.69. The van der Waals surface area contributed by atoms with E-state index < -0.39 is 0 Å². The number of nitrogen functional groups attached to an aromatic ring is 1. The second-order valence-corrected chi connectivity index (χ2v) is 5.85. The number of anilines is 1. The molecular weight excluding hydrogens is 262 g/mol. The molecule has 0 spiro atoms.